The Bertz CT molecular complexity index is 220. The van der Waals surface area contributed by atoms with Crippen LogP contribution in [0.15, 0.2) is 0 Å². The molecular weight excluding hydrogens is 206 g/mol. The second-order valence-electron chi connectivity index (χ2n) is 6.86. The van der Waals surface area contributed by atoms with Gasteiger partial charge in [0, 0.05) is 12.1 Å². The first-order chi connectivity index (χ1) is 8.16. The fraction of sp³-hybridized carbons (Fsp3) is 1.00. The lowest BCUT2D eigenvalue weighted by Gasteiger charge is -2.38. The van der Waals surface area contributed by atoms with Gasteiger partial charge in [-0.3, -0.25) is 0 Å². The maximum absolute atomic E-state index is 3.97. The van der Waals surface area contributed by atoms with Crippen molar-refractivity contribution in [2.45, 2.75) is 84.2 Å². The normalized spacial score (nSPS) is 37.9. The molecule has 2 rings (SSSR count). The van der Waals surface area contributed by atoms with Crippen LogP contribution >= 0.6 is 0 Å². The maximum atomic E-state index is 3.97. The molecule has 2 aliphatic carbocycles. The highest BCUT2D eigenvalue weighted by Crippen LogP contribution is 2.31. The summed E-state index contributed by atoms with van der Waals surface area (Å²) in [4.78, 5) is 0. The highest BCUT2D eigenvalue weighted by Gasteiger charge is 2.28. The zero-order valence-electron chi connectivity index (χ0n) is 12.0. The van der Waals surface area contributed by atoms with E-state index in [1.54, 1.807) is 0 Å². The molecule has 0 heterocycles. The average Bonchev–Trinajstić information content (AvgIpc) is 2.35. The van der Waals surface area contributed by atoms with Crippen LogP contribution < -0.4 is 5.32 Å². The molecule has 0 saturated heterocycles. The molecule has 2 aliphatic rings. The van der Waals surface area contributed by atoms with Gasteiger partial charge < -0.3 is 5.32 Å². The first-order valence-corrected chi connectivity index (χ1v) is 7.93. The van der Waals surface area contributed by atoms with E-state index in [-0.39, 0.29) is 0 Å². The summed E-state index contributed by atoms with van der Waals surface area (Å²) < 4.78 is 0. The van der Waals surface area contributed by atoms with E-state index in [4.69, 9.17) is 0 Å². The summed E-state index contributed by atoms with van der Waals surface area (Å²) in [7, 11) is 0. The second-order valence-corrected chi connectivity index (χ2v) is 6.86. The zero-order chi connectivity index (χ0) is 12.3. The molecule has 0 amide bonds. The fourth-order valence-electron chi connectivity index (χ4n) is 3.87. The Labute approximate surface area is 108 Å². The van der Waals surface area contributed by atoms with Crippen LogP contribution in [0.5, 0.6) is 0 Å². The third-order valence-electron chi connectivity index (χ3n) is 5.29. The van der Waals surface area contributed by atoms with Gasteiger partial charge in [-0.15, -0.1) is 0 Å². The third-order valence-corrected chi connectivity index (χ3v) is 5.29. The van der Waals surface area contributed by atoms with Crippen molar-refractivity contribution in [1.82, 2.24) is 5.32 Å². The van der Waals surface area contributed by atoms with Gasteiger partial charge in [0.25, 0.3) is 0 Å². The largest absolute Gasteiger partial charge is 0.311 e. The van der Waals surface area contributed by atoms with Gasteiger partial charge in [-0.25, -0.2) is 0 Å². The predicted molar refractivity (Wildman–Crippen MR) is 75.1 cm³/mol. The van der Waals surface area contributed by atoms with Crippen molar-refractivity contribution in [1.29, 1.82) is 0 Å². The van der Waals surface area contributed by atoms with Gasteiger partial charge >= 0.3 is 0 Å². The molecule has 1 N–H and O–H groups in total. The first kappa shape index (κ1) is 13.4. The lowest BCUT2D eigenvalue weighted by Crippen LogP contribution is -2.47. The topological polar surface area (TPSA) is 12.0 Å². The molecule has 1 heteroatoms. The Morgan fingerprint density at radius 1 is 0.941 bits per heavy atom. The van der Waals surface area contributed by atoms with Crippen LogP contribution in [0.25, 0.3) is 0 Å². The minimum atomic E-state index is 0.744. The maximum Gasteiger partial charge on any atom is 0.00978 e. The predicted octanol–water partition coefficient (Wildman–Crippen LogP) is 4.37. The number of hydrogen-bond acceptors (Lipinski definition) is 1. The summed E-state index contributed by atoms with van der Waals surface area (Å²) >= 11 is 0. The molecule has 3 unspecified atom stereocenters. The number of rotatable bonds is 3. The summed E-state index contributed by atoms with van der Waals surface area (Å²) in [6, 6.07) is 1.53. The van der Waals surface area contributed by atoms with E-state index in [2.05, 4.69) is 26.1 Å². The second kappa shape index (κ2) is 6.22. The van der Waals surface area contributed by atoms with Gasteiger partial charge in [-0.05, 0) is 50.4 Å². The van der Waals surface area contributed by atoms with Crippen molar-refractivity contribution in [2.24, 2.45) is 17.8 Å². The van der Waals surface area contributed by atoms with Gasteiger partial charge in [-0.1, -0.05) is 39.5 Å². The van der Waals surface area contributed by atoms with Crippen LogP contribution in [-0.4, -0.2) is 12.1 Å². The fourth-order valence-corrected chi connectivity index (χ4v) is 3.87. The Hall–Kier alpha value is -0.0400. The van der Waals surface area contributed by atoms with Crippen molar-refractivity contribution in [3.8, 4) is 0 Å². The molecule has 4 atom stereocenters. The van der Waals surface area contributed by atoms with Gasteiger partial charge in [-0.2, -0.15) is 0 Å². The van der Waals surface area contributed by atoms with Crippen molar-refractivity contribution in [2.75, 3.05) is 0 Å². The van der Waals surface area contributed by atoms with E-state index in [1.165, 1.54) is 51.4 Å². The molecule has 2 saturated carbocycles. The monoisotopic (exact) mass is 237 g/mol. The van der Waals surface area contributed by atoms with E-state index < -0.39 is 0 Å². The lowest BCUT2D eigenvalue weighted by molar-refractivity contribution is 0.183. The van der Waals surface area contributed by atoms with E-state index in [9.17, 15) is 0 Å². The molecule has 0 aromatic rings. The molecule has 100 valence electrons. The molecule has 0 radical (unpaired) electrons. The first-order valence-electron chi connectivity index (χ1n) is 7.93. The Balaban J connectivity index is 1.81. The Kier molecular flexibility index (Phi) is 4.90. The van der Waals surface area contributed by atoms with Gasteiger partial charge in [0.1, 0.15) is 0 Å². The van der Waals surface area contributed by atoms with Gasteiger partial charge in [0.05, 0.1) is 0 Å². The lowest BCUT2D eigenvalue weighted by atomic mass is 9.78. The summed E-state index contributed by atoms with van der Waals surface area (Å²) in [6.07, 6.45) is 11.6. The molecule has 0 aliphatic heterocycles. The highest BCUT2D eigenvalue weighted by atomic mass is 15.0. The molecule has 0 aromatic carbocycles. The van der Waals surface area contributed by atoms with E-state index >= 15 is 0 Å². The summed E-state index contributed by atoms with van der Waals surface area (Å²) in [5.41, 5.74) is 0. The summed E-state index contributed by atoms with van der Waals surface area (Å²) in [5.74, 6) is 2.77. The van der Waals surface area contributed by atoms with Crippen LogP contribution in [-0.2, 0) is 0 Å². The SMILES string of the molecule is CC1CCC(C)C(N[C@@H](C)C2CCCCC2)C1. The standard InChI is InChI=1S/C16H31N/c1-12-9-10-13(2)16(11-12)17-14(3)15-7-5-4-6-8-15/h12-17H,4-11H2,1-3H3/t12?,13?,14-,16?/m0/s1. The Morgan fingerprint density at radius 3 is 2.35 bits per heavy atom. The van der Waals surface area contributed by atoms with Crippen LogP contribution in [0.2, 0.25) is 0 Å². The van der Waals surface area contributed by atoms with Crippen molar-refractivity contribution in [3.05, 3.63) is 0 Å². The molecule has 0 spiro atoms. The number of nitrogens with one attached hydrogen (secondary N) is 1. The molecular formula is C16H31N. The highest BCUT2D eigenvalue weighted by molar-refractivity contribution is 4.85. The van der Waals surface area contributed by atoms with E-state index in [1.807, 2.05) is 0 Å². The van der Waals surface area contributed by atoms with E-state index in [0.29, 0.717) is 0 Å². The quantitative estimate of drug-likeness (QED) is 0.768. The summed E-state index contributed by atoms with van der Waals surface area (Å²) in [6.45, 7) is 7.30. The number of hydrogen-bond donors (Lipinski definition) is 1. The van der Waals surface area contributed by atoms with Crippen molar-refractivity contribution >= 4 is 0 Å². The van der Waals surface area contributed by atoms with Crippen LogP contribution in [0.3, 0.4) is 0 Å². The van der Waals surface area contributed by atoms with Crippen molar-refractivity contribution < 1.29 is 0 Å². The van der Waals surface area contributed by atoms with Crippen LogP contribution in [0, 0.1) is 17.8 Å². The molecule has 1 nitrogen and oxygen atoms in total. The van der Waals surface area contributed by atoms with E-state index in [0.717, 1.165) is 29.8 Å². The van der Waals surface area contributed by atoms with Gasteiger partial charge in [0.15, 0.2) is 0 Å². The molecule has 0 bridgehead atoms. The molecule has 0 aromatic heterocycles. The molecule has 17 heavy (non-hydrogen) atoms. The minimum Gasteiger partial charge on any atom is -0.311 e. The third kappa shape index (κ3) is 3.71. The zero-order valence-corrected chi connectivity index (χ0v) is 12.0. The van der Waals surface area contributed by atoms with Crippen LogP contribution in [0.1, 0.15) is 72.1 Å². The summed E-state index contributed by atoms with van der Waals surface area (Å²) in [5, 5.41) is 3.97. The van der Waals surface area contributed by atoms with Gasteiger partial charge in [0.2, 0.25) is 0 Å². The Morgan fingerprint density at radius 2 is 1.65 bits per heavy atom. The average molecular weight is 237 g/mol. The minimum absolute atomic E-state index is 0.744. The molecule has 2 fully saturated rings. The van der Waals surface area contributed by atoms with Crippen LogP contribution in [0.4, 0.5) is 0 Å². The smallest absolute Gasteiger partial charge is 0.00978 e. The van der Waals surface area contributed by atoms with Crippen molar-refractivity contribution in [3.63, 3.8) is 0 Å².